The quantitative estimate of drug-likeness (QED) is 0.797. The normalized spacial score (nSPS) is 18.6. The summed E-state index contributed by atoms with van der Waals surface area (Å²) in [7, 11) is -3.59. The van der Waals surface area contributed by atoms with Gasteiger partial charge in [0.15, 0.2) is 5.13 Å². The molecule has 0 spiro atoms. The number of nitrogen functional groups attached to an aromatic ring is 1. The van der Waals surface area contributed by atoms with E-state index in [0.717, 1.165) is 11.3 Å². The van der Waals surface area contributed by atoms with Crippen molar-refractivity contribution in [2.24, 2.45) is 11.1 Å². The average Bonchev–Trinajstić information content (AvgIpc) is 3.04. The first kappa shape index (κ1) is 15.9. The molecule has 4 N–H and O–H groups in total. The lowest BCUT2D eigenvalue weighted by atomic mass is 10.1. The molecule has 0 bridgehead atoms. The number of aromatic nitrogens is 1. The number of nitrogens with two attached hydrogens (primary N) is 2. The molecule has 2 aromatic rings. The highest BCUT2D eigenvalue weighted by molar-refractivity contribution is 7.89. The van der Waals surface area contributed by atoms with Gasteiger partial charge in [-0.2, -0.15) is 0 Å². The van der Waals surface area contributed by atoms with Crippen molar-refractivity contribution in [2.45, 2.75) is 6.42 Å². The van der Waals surface area contributed by atoms with Gasteiger partial charge in [-0.3, -0.25) is 9.69 Å². The van der Waals surface area contributed by atoms with Crippen molar-refractivity contribution in [1.29, 1.82) is 0 Å². The number of thiazole rings is 1. The number of primary sulfonamides is 1. The van der Waals surface area contributed by atoms with E-state index >= 15 is 0 Å². The molecule has 7 nitrogen and oxygen atoms in total. The molecule has 0 aliphatic carbocycles. The molecular weight excluding hydrogens is 336 g/mol. The summed E-state index contributed by atoms with van der Waals surface area (Å²) in [5.41, 5.74) is 8.00. The molecule has 1 aromatic heterocycles. The molecule has 0 radical (unpaired) electrons. The van der Waals surface area contributed by atoms with Crippen LogP contribution >= 0.6 is 11.3 Å². The summed E-state index contributed by atoms with van der Waals surface area (Å²) in [6.45, 7) is 0.323. The van der Waals surface area contributed by atoms with Gasteiger partial charge in [0.25, 0.3) is 0 Å². The minimum Gasteiger partial charge on any atom is -0.399 e. The van der Waals surface area contributed by atoms with Crippen LogP contribution in [0.3, 0.4) is 0 Å². The number of carbonyl (C=O) groups is 1. The molecule has 1 fully saturated rings. The Morgan fingerprint density at radius 2 is 2.00 bits per heavy atom. The molecule has 1 aliphatic heterocycles. The van der Waals surface area contributed by atoms with Crippen molar-refractivity contribution in [3.63, 3.8) is 0 Å². The minimum atomic E-state index is -3.59. The fourth-order valence-corrected chi connectivity index (χ4v) is 4.32. The molecule has 1 aromatic carbocycles. The topological polar surface area (TPSA) is 119 Å². The van der Waals surface area contributed by atoms with Gasteiger partial charge in [-0.15, -0.1) is 11.3 Å². The van der Waals surface area contributed by atoms with Crippen LogP contribution < -0.4 is 15.8 Å². The smallest absolute Gasteiger partial charge is 0.229 e. The van der Waals surface area contributed by atoms with Crippen LogP contribution in [0.4, 0.5) is 10.8 Å². The lowest BCUT2D eigenvalue weighted by molar-refractivity contribution is -0.117. The van der Waals surface area contributed by atoms with Crippen molar-refractivity contribution in [1.82, 2.24) is 4.98 Å². The molecular formula is C14H16N4O3S2. The summed E-state index contributed by atoms with van der Waals surface area (Å²) in [6, 6.07) is 7.31. The Bertz CT molecular complexity index is 830. The van der Waals surface area contributed by atoms with Gasteiger partial charge >= 0.3 is 0 Å². The summed E-state index contributed by atoms with van der Waals surface area (Å²) in [6.07, 6.45) is 0.174. The zero-order chi connectivity index (χ0) is 16.6. The van der Waals surface area contributed by atoms with Crippen molar-refractivity contribution in [2.75, 3.05) is 22.9 Å². The summed E-state index contributed by atoms with van der Waals surface area (Å²) in [5.74, 6) is -0.607. The molecule has 1 saturated heterocycles. The molecule has 0 saturated carbocycles. The molecule has 1 atom stereocenters. The first-order valence-corrected chi connectivity index (χ1v) is 9.53. The van der Waals surface area contributed by atoms with Gasteiger partial charge in [-0.25, -0.2) is 18.5 Å². The van der Waals surface area contributed by atoms with E-state index in [0.29, 0.717) is 17.4 Å². The number of carbonyl (C=O) groups excluding carboxylic acids is 1. The van der Waals surface area contributed by atoms with Gasteiger partial charge in [0.1, 0.15) is 0 Å². The maximum Gasteiger partial charge on any atom is 0.229 e. The largest absolute Gasteiger partial charge is 0.399 e. The van der Waals surface area contributed by atoms with Crippen molar-refractivity contribution < 1.29 is 13.2 Å². The Balaban J connectivity index is 1.78. The highest BCUT2D eigenvalue weighted by Crippen LogP contribution is 2.32. The van der Waals surface area contributed by atoms with E-state index in [9.17, 15) is 13.2 Å². The molecule has 1 unspecified atom stereocenters. The first-order chi connectivity index (χ1) is 10.8. The van der Waals surface area contributed by atoms with Crippen LogP contribution in [0.5, 0.6) is 0 Å². The monoisotopic (exact) mass is 352 g/mol. The molecule has 1 aliphatic rings. The van der Waals surface area contributed by atoms with E-state index in [2.05, 4.69) is 4.98 Å². The van der Waals surface area contributed by atoms with Gasteiger partial charge in [-0.1, -0.05) is 12.1 Å². The highest BCUT2D eigenvalue weighted by atomic mass is 32.2. The van der Waals surface area contributed by atoms with Crippen molar-refractivity contribution in [3.8, 4) is 11.3 Å². The Morgan fingerprint density at radius 1 is 1.30 bits per heavy atom. The standard InChI is InChI=1S/C14H16N4O3S2/c15-11-3-1-10(2-4-11)12-7-22-14(17-12)18-6-9(5-13(18)19)8-23(16,20)21/h1-4,7,9H,5-6,8,15H2,(H2,16,20,21). The van der Waals surface area contributed by atoms with E-state index in [1.54, 1.807) is 12.1 Å². The van der Waals surface area contributed by atoms with Crippen LogP contribution in [0.25, 0.3) is 11.3 Å². The van der Waals surface area contributed by atoms with Gasteiger partial charge in [-0.05, 0) is 12.1 Å². The Labute approximate surface area is 138 Å². The summed E-state index contributed by atoms with van der Waals surface area (Å²) >= 11 is 1.35. The molecule has 23 heavy (non-hydrogen) atoms. The molecule has 9 heteroatoms. The lowest BCUT2D eigenvalue weighted by Crippen LogP contribution is -2.27. The molecule has 1 amide bonds. The lowest BCUT2D eigenvalue weighted by Gasteiger charge is -2.12. The number of hydrogen-bond donors (Lipinski definition) is 2. The summed E-state index contributed by atoms with van der Waals surface area (Å²) in [4.78, 5) is 18.1. The van der Waals surface area contributed by atoms with E-state index in [4.69, 9.17) is 10.9 Å². The fourth-order valence-electron chi connectivity index (χ4n) is 2.58. The van der Waals surface area contributed by atoms with Crippen LogP contribution in [0.15, 0.2) is 29.6 Å². The zero-order valence-corrected chi connectivity index (χ0v) is 13.8. The predicted octanol–water partition coefficient (Wildman–Crippen LogP) is 1.03. The number of amides is 1. The first-order valence-electron chi connectivity index (χ1n) is 6.94. The third kappa shape index (κ3) is 3.69. The number of rotatable bonds is 4. The third-order valence-electron chi connectivity index (χ3n) is 3.60. The van der Waals surface area contributed by atoms with Gasteiger partial charge in [0.2, 0.25) is 15.9 Å². The number of hydrogen-bond acceptors (Lipinski definition) is 6. The van der Waals surface area contributed by atoms with E-state index in [1.165, 1.54) is 16.2 Å². The fraction of sp³-hybridized carbons (Fsp3) is 0.286. The number of anilines is 2. The second-order valence-corrected chi connectivity index (χ2v) is 8.04. The van der Waals surface area contributed by atoms with E-state index in [1.807, 2.05) is 17.5 Å². The SMILES string of the molecule is Nc1ccc(-c2csc(N3CC(CS(N)(=O)=O)CC3=O)n2)cc1. The second kappa shape index (κ2) is 5.91. The second-order valence-electron chi connectivity index (χ2n) is 5.54. The zero-order valence-electron chi connectivity index (χ0n) is 12.2. The number of nitrogens with zero attached hydrogens (tertiary/aromatic N) is 2. The van der Waals surface area contributed by atoms with Crippen molar-refractivity contribution in [3.05, 3.63) is 29.6 Å². The predicted molar refractivity (Wildman–Crippen MR) is 90.4 cm³/mol. The van der Waals surface area contributed by atoms with Crippen LogP contribution in [-0.2, 0) is 14.8 Å². The molecule has 122 valence electrons. The van der Waals surface area contributed by atoms with Crippen LogP contribution in [0.2, 0.25) is 0 Å². The Hall–Kier alpha value is -1.97. The Kier molecular flexibility index (Phi) is 4.09. The average molecular weight is 352 g/mol. The summed E-state index contributed by atoms with van der Waals surface area (Å²) < 4.78 is 22.4. The minimum absolute atomic E-state index is 0.128. The van der Waals surface area contributed by atoms with Crippen LogP contribution in [0.1, 0.15) is 6.42 Å². The summed E-state index contributed by atoms with van der Waals surface area (Å²) in [5, 5.41) is 7.49. The van der Waals surface area contributed by atoms with Gasteiger partial charge < -0.3 is 5.73 Å². The number of sulfonamides is 1. The van der Waals surface area contributed by atoms with Crippen LogP contribution in [0, 0.1) is 5.92 Å². The maximum absolute atomic E-state index is 12.1. The Morgan fingerprint density at radius 3 is 2.65 bits per heavy atom. The highest BCUT2D eigenvalue weighted by Gasteiger charge is 2.34. The van der Waals surface area contributed by atoms with Crippen molar-refractivity contribution >= 4 is 38.1 Å². The van der Waals surface area contributed by atoms with E-state index in [-0.39, 0.29) is 24.0 Å². The van der Waals surface area contributed by atoms with Gasteiger partial charge in [0.05, 0.1) is 11.4 Å². The van der Waals surface area contributed by atoms with Crippen LogP contribution in [-0.4, -0.2) is 31.6 Å². The third-order valence-corrected chi connectivity index (χ3v) is 5.40. The molecule has 3 rings (SSSR count). The maximum atomic E-state index is 12.1. The molecule has 2 heterocycles. The number of benzene rings is 1. The van der Waals surface area contributed by atoms with Gasteiger partial charge in [0, 0.05) is 35.5 Å². The van der Waals surface area contributed by atoms with E-state index < -0.39 is 10.0 Å².